The number of aliphatic imine (C=N–C) groups is 1. The van der Waals surface area contributed by atoms with Crippen LogP contribution in [0.15, 0.2) is 35.3 Å². The van der Waals surface area contributed by atoms with Crippen LogP contribution in [-0.4, -0.2) is 64.0 Å². The van der Waals surface area contributed by atoms with Crippen LogP contribution < -0.4 is 10.6 Å². The zero-order chi connectivity index (χ0) is 15.8. The summed E-state index contributed by atoms with van der Waals surface area (Å²) in [6.45, 7) is 3.54. The van der Waals surface area contributed by atoms with Gasteiger partial charge in [0.1, 0.15) is 0 Å². The van der Waals surface area contributed by atoms with Crippen LogP contribution >= 0.6 is 0 Å². The van der Waals surface area contributed by atoms with Gasteiger partial charge in [-0.2, -0.15) is 0 Å². The van der Waals surface area contributed by atoms with Gasteiger partial charge in [-0.25, -0.2) is 8.42 Å². The van der Waals surface area contributed by atoms with Gasteiger partial charge in [0.15, 0.2) is 15.8 Å². The van der Waals surface area contributed by atoms with Crippen molar-refractivity contribution >= 4 is 15.8 Å². The number of nitrogens with one attached hydrogen (secondary N) is 2. The SMILES string of the molecule is CN=C(NCCN1CCS(=O)(=O)CC1)NCc1ccccc1. The van der Waals surface area contributed by atoms with Gasteiger partial charge in [-0.05, 0) is 5.56 Å². The third-order valence-electron chi connectivity index (χ3n) is 3.68. The minimum atomic E-state index is -2.80. The predicted octanol–water partition coefficient (Wildman–Crippen LogP) is 0.0820. The fraction of sp³-hybridized carbons (Fsp3) is 0.533. The van der Waals surface area contributed by atoms with Gasteiger partial charge in [-0.3, -0.25) is 9.89 Å². The number of benzene rings is 1. The molecule has 0 spiro atoms. The first-order valence-electron chi connectivity index (χ1n) is 7.50. The molecule has 22 heavy (non-hydrogen) atoms. The predicted molar refractivity (Wildman–Crippen MR) is 89.7 cm³/mol. The molecule has 0 aromatic heterocycles. The minimum absolute atomic E-state index is 0.272. The van der Waals surface area contributed by atoms with Crippen molar-refractivity contribution < 1.29 is 8.42 Å². The third-order valence-corrected chi connectivity index (χ3v) is 5.29. The smallest absolute Gasteiger partial charge is 0.191 e. The molecule has 2 N–H and O–H groups in total. The Bertz CT molecular complexity index is 573. The lowest BCUT2D eigenvalue weighted by Gasteiger charge is -2.26. The molecule has 1 fully saturated rings. The molecule has 6 nitrogen and oxygen atoms in total. The zero-order valence-electron chi connectivity index (χ0n) is 13.0. The van der Waals surface area contributed by atoms with E-state index in [1.165, 1.54) is 5.56 Å². The van der Waals surface area contributed by atoms with E-state index in [0.29, 0.717) is 13.1 Å². The largest absolute Gasteiger partial charge is 0.355 e. The Kier molecular flexibility index (Phi) is 6.21. The lowest BCUT2D eigenvalue weighted by atomic mass is 10.2. The number of hydrogen-bond donors (Lipinski definition) is 2. The van der Waals surface area contributed by atoms with Gasteiger partial charge in [0.2, 0.25) is 0 Å². The lowest BCUT2D eigenvalue weighted by Crippen LogP contribution is -2.45. The highest BCUT2D eigenvalue weighted by Gasteiger charge is 2.20. The van der Waals surface area contributed by atoms with Crippen molar-refractivity contribution in [2.24, 2.45) is 4.99 Å². The van der Waals surface area contributed by atoms with Crippen molar-refractivity contribution in [2.75, 3.05) is 44.7 Å². The van der Waals surface area contributed by atoms with Gasteiger partial charge < -0.3 is 10.6 Å². The second-order valence-electron chi connectivity index (χ2n) is 5.33. The van der Waals surface area contributed by atoms with E-state index in [4.69, 9.17) is 0 Å². The molecule has 1 aliphatic rings. The van der Waals surface area contributed by atoms with E-state index in [1.54, 1.807) is 7.05 Å². The fourth-order valence-electron chi connectivity index (χ4n) is 2.31. The van der Waals surface area contributed by atoms with E-state index < -0.39 is 9.84 Å². The average molecular weight is 324 g/mol. The Morgan fingerprint density at radius 2 is 1.86 bits per heavy atom. The van der Waals surface area contributed by atoms with Crippen molar-refractivity contribution in [3.8, 4) is 0 Å². The number of guanidine groups is 1. The molecule has 1 aliphatic heterocycles. The van der Waals surface area contributed by atoms with Gasteiger partial charge in [-0.15, -0.1) is 0 Å². The molecule has 0 bridgehead atoms. The summed E-state index contributed by atoms with van der Waals surface area (Å²) in [5.74, 6) is 1.30. The van der Waals surface area contributed by atoms with Crippen molar-refractivity contribution in [3.63, 3.8) is 0 Å². The summed E-state index contributed by atoms with van der Waals surface area (Å²) in [6.07, 6.45) is 0. The molecule has 0 amide bonds. The molecule has 0 unspecified atom stereocenters. The summed E-state index contributed by atoms with van der Waals surface area (Å²) in [4.78, 5) is 6.35. The third kappa shape index (κ3) is 5.65. The molecule has 0 atom stereocenters. The standard InChI is InChI=1S/C15H24N4O2S/c1-16-15(18-13-14-5-3-2-4-6-14)17-7-8-19-9-11-22(20,21)12-10-19/h2-6H,7-13H2,1H3,(H2,16,17,18). The van der Waals surface area contributed by atoms with Crippen LogP contribution in [0.4, 0.5) is 0 Å². The van der Waals surface area contributed by atoms with E-state index >= 15 is 0 Å². The quantitative estimate of drug-likeness (QED) is 0.593. The number of nitrogens with zero attached hydrogens (tertiary/aromatic N) is 2. The molecule has 1 saturated heterocycles. The first kappa shape index (κ1) is 16.8. The van der Waals surface area contributed by atoms with Gasteiger partial charge in [0.05, 0.1) is 11.5 Å². The van der Waals surface area contributed by atoms with Crippen molar-refractivity contribution in [1.29, 1.82) is 0 Å². The van der Waals surface area contributed by atoms with Gasteiger partial charge >= 0.3 is 0 Å². The number of hydrogen-bond acceptors (Lipinski definition) is 4. The maximum absolute atomic E-state index is 11.4. The molecule has 0 aliphatic carbocycles. The molecule has 122 valence electrons. The summed E-state index contributed by atoms with van der Waals surface area (Å²) >= 11 is 0. The van der Waals surface area contributed by atoms with E-state index in [2.05, 4.69) is 32.7 Å². The van der Waals surface area contributed by atoms with Gasteiger partial charge in [-0.1, -0.05) is 30.3 Å². The second kappa shape index (κ2) is 8.14. The highest BCUT2D eigenvalue weighted by molar-refractivity contribution is 7.91. The minimum Gasteiger partial charge on any atom is -0.355 e. The lowest BCUT2D eigenvalue weighted by molar-refractivity contribution is 0.299. The van der Waals surface area contributed by atoms with Crippen LogP contribution in [0, 0.1) is 0 Å². The van der Waals surface area contributed by atoms with Crippen LogP contribution in [0.1, 0.15) is 5.56 Å². The van der Waals surface area contributed by atoms with Crippen molar-refractivity contribution in [3.05, 3.63) is 35.9 Å². The summed E-state index contributed by atoms with van der Waals surface area (Å²) in [5, 5.41) is 6.52. The number of sulfone groups is 1. The Labute approximate surface area is 132 Å². The van der Waals surface area contributed by atoms with Crippen LogP contribution in [0.2, 0.25) is 0 Å². The van der Waals surface area contributed by atoms with Crippen LogP contribution in [-0.2, 0) is 16.4 Å². The maximum atomic E-state index is 11.4. The Hall–Kier alpha value is -1.60. The monoisotopic (exact) mass is 324 g/mol. The average Bonchev–Trinajstić information content (AvgIpc) is 2.53. The molecule has 7 heteroatoms. The van der Waals surface area contributed by atoms with E-state index in [0.717, 1.165) is 25.6 Å². The molecule has 1 aromatic carbocycles. The van der Waals surface area contributed by atoms with E-state index in [9.17, 15) is 8.42 Å². The first-order valence-corrected chi connectivity index (χ1v) is 9.32. The van der Waals surface area contributed by atoms with Crippen LogP contribution in [0.5, 0.6) is 0 Å². The first-order chi connectivity index (χ1) is 10.6. The molecule has 0 radical (unpaired) electrons. The Morgan fingerprint density at radius 3 is 2.50 bits per heavy atom. The maximum Gasteiger partial charge on any atom is 0.191 e. The van der Waals surface area contributed by atoms with E-state index in [1.807, 2.05) is 18.2 Å². The molecular weight excluding hydrogens is 300 g/mol. The topological polar surface area (TPSA) is 73.8 Å². The van der Waals surface area contributed by atoms with Crippen molar-refractivity contribution in [2.45, 2.75) is 6.54 Å². The number of rotatable bonds is 5. The fourth-order valence-corrected chi connectivity index (χ4v) is 3.59. The molecular formula is C15H24N4O2S. The molecule has 1 aromatic rings. The summed E-state index contributed by atoms with van der Waals surface area (Å²) in [6, 6.07) is 10.1. The van der Waals surface area contributed by atoms with Gasteiger partial charge in [0.25, 0.3) is 0 Å². The summed E-state index contributed by atoms with van der Waals surface area (Å²) < 4.78 is 22.7. The highest BCUT2D eigenvalue weighted by Crippen LogP contribution is 2.02. The van der Waals surface area contributed by atoms with Crippen molar-refractivity contribution in [1.82, 2.24) is 15.5 Å². The Balaban J connectivity index is 1.67. The second-order valence-corrected chi connectivity index (χ2v) is 7.64. The molecule has 1 heterocycles. The van der Waals surface area contributed by atoms with Crippen LogP contribution in [0.25, 0.3) is 0 Å². The van der Waals surface area contributed by atoms with E-state index in [-0.39, 0.29) is 11.5 Å². The molecule has 2 rings (SSSR count). The highest BCUT2D eigenvalue weighted by atomic mass is 32.2. The zero-order valence-corrected chi connectivity index (χ0v) is 13.8. The summed E-state index contributed by atoms with van der Waals surface area (Å²) in [7, 11) is -1.06. The normalized spacial score (nSPS) is 18.9. The van der Waals surface area contributed by atoms with Crippen LogP contribution in [0.3, 0.4) is 0 Å². The summed E-state index contributed by atoms with van der Waals surface area (Å²) in [5.41, 5.74) is 1.20. The molecule has 0 saturated carbocycles. The Morgan fingerprint density at radius 1 is 1.18 bits per heavy atom. The van der Waals surface area contributed by atoms with Gasteiger partial charge in [0, 0.05) is 39.8 Å².